The molecule has 1 aromatic heterocycles. The SMILES string of the molecule is CCC(Sc1nc(-c2ccccc2)cc(-c2ccc(OC)cc2)c1C#N)C(=O)Nc1ccc(Cl)c(C(=O)O)c1. The number of hydrogen-bond donors (Lipinski definition) is 2. The van der Waals surface area contributed by atoms with Gasteiger partial charge in [-0.3, -0.25) is 4.79 Å². The number of hydrogen-bond acceptors (Lipinski definition) is 6. The molecular formula is C30H24ClN3O4S. The molecule has 1 unspecified atom stereocenters. The first-order valence-corrected chi connectivity index (χ1v) is 13.3. The van der Waals surface area contributed by atoms with Gasteiger partial charge < -0.3 is 15.2 Å². The number of nitriles is 1. The van der Waals surface area contributed by atoms with Crippen LogP contribution in [0.2, 0.25) is 5.02 Å². The van der Waals surface area contributed by atoms with Gasteiger partial charge in [-0.05, 0) is 48.4 Å². The van der Waals surface area contributed by atoms with E-state index in [2.05, 4.69) is 11.4 Å². The van der Waals surface area contributed by atoms with Gasteiger partial charge in [-0.2, -0.15) is 5.26 Å². The summed E-state index contributed by atoms with van der Waals surface area (Å²) in [6, 6.07) is 25.5. The predicted octanol–water partition coefficient (Wildman–Crippen LogP) is 7.16. The minimum Gasteiger partial charge on any atom is -0.497 e. The number of amides is 1. The summed E-state index contributed by atoms with van der Waals surface area (Å²) in [4.78, 5) is 29.5. The molecule has 0 radical (unpaired) electrons. The Morgan fingerprint density at radius 3 is 2.41 bits per heavy atom. The lowest BCUT2D eigenvalue weighted by Gasteiger charge is -2.18. The fourth-order valence-corrected chi connectivity index (χ4v) is 5.14. The molecule has 0 aliphatic rings. The molecule has 0 fully saturated rings. The second-order valence-electron chi connectivity index (χ2n) is 8.45. The smallest absolute Gasteiger partial charge is 0.337 e. The summed E-state index contributed by atoms with van der Waals surface area (Å²) in [7, 11) is 1.59. The molecule has 3 aromatic carbocycles. The van der Waals surface area contributed by atoms with Crippen LogP contribution in [-0.4, -0.2) is 34.3 Å². The lowest BCUT2D eigenvalue weighted by Crippen LogP contribution is -2.25. The van der Waals surface area contributed by atoms with E-state index in [9.17, 15) is 20.0 Å². The number of ether oxygens (including phenoxy) is 1. The van der Waals surface area contributed by atoms with Crippen LogP contribution in [0, 0.1) is 11.3 Å². The van der Waals surface area contributed by atoms with Gasteiger partial charge in [-0.25, -0.2) is 9.78 Å². The van der Waals surface area contributed by atoms with Crippen molar-refractivity contribution in [2.75, 3.05) is 12.4 Å². The Morgan fingerprint density at radius 2 is 1.79 bits per heavy atom. The zero-order chi connectivity index (χ0) is 27.9. The number of rotatable bonds is 9. The summed E-state index contributed by atoms with van der Waals surface area (Å²) in [5.74, 6) is -0.840. The summed E-state index contributed by atoms with van der Waals surface area (Å²) < 4.78 is 5.28. The van der Waals surface area contributed by atoms with Gasteiger partial charge in [0.15, 0.2) is 0 Å². The largest absolute Gasteiger partial charge is 0.497 e. The molecule has 0 spiro atoms. The van der Waals surface area contributed by atoms with Gasteiger partial charge in [0.2, 0.25) is 5.91 Å². The zero-order valence-corrected chi connectivity index (χ0v) is 22.7. The number of carbonyl (C=O) groups excluding carboxylic acids is 1. The molecule has 0 aliphatic heterocycles. The number of benzene rings is 3. The van der Waals surface area contributed by atoms with E-state index in [0.717, 1.165) is 11.1 Å². The topological polar surface area (TPSA) is 112 Å². The maximum absolute atomic E-state index is 13.3. The number of carbonyl (C=O) groups is 2. The van der Waals surface area contributed by atoms with Crippen LogP contribution in [0.3, 0.4) is 0 Å². The molecule has 0 bridgehead atoms. The second kappa shape index (κ2) is 12.5. The van der Waals surface area contributed by atoms with Crippen molar-refractivity contribution in [2.24, 2.45) is 0 Å². The zero-order valence-electron chi connectivity index (χ0n) is 21.1. The first-order chi connectivity index (χ1) is 18.8. The molecule has 1 heterocycles. The van der Waals surface area contributed by atoms with Crippen LogP contribution in [0.5, 0.6) is 5.75 Å². The van der Waals surface area contributed by atoms with E-state index < -0.39 is 11.2 Å². The van der Waals surface area contributed by atoms with Crippen molar-refractivity contribution < 1.29 is 19.4 Å². The summed E-state index contributed by atoms with van der Waals surface area (Å²) in [5.41, 5.74) is 3.61. The van der Waals surface area contributed by atoms with Crippen molar-refractivity contribution in [2.45, 2.75) is 23.6 Å². The lowest BCUT2D eigenvalue weighted by atomic mass is 9.99. The lowest BCUT2D eigenvalue weighted by molar-refractivity contribution is -0.115. The Kier molecular flexibility index (Phi) is 8.87. The number of carboxylic acids is 1. The number of nitrogens with one attached hydrogen (secondary N) is 1. The van der Waals surface area contributed by atoms with Crippen LogP contribution in [-0.2, 0) is 4.79 Å². The average molecular weight is 558 g/mol. The monoisotopic (exact) mass is 557 g/mol. The van der Waals surface area contributed by atoms with Crippen molar-refractivity contribution in [1.29, 1.82) is 5.26 Å². The van der Waals surface area contributed by atoms with E-state index in [4.69, 9.17) is 21.3 Å². The highest BCUT2D eigenvalue weighted by molar-refractivity contribution is 8.00. The first-order valence-electron chi connectivity index (χ1n) is 12.0. The third kappa shape index (κ3) is 6.40. The molecule has 0 saturated heterocycles. The summed E-state index contributed by atoms with van der Waals surface area (Å²) >= 11 is 7.16. The Morgan fingerprint density at radius 1 is 1.08 bits per heavy atom. The van der Waals surface area contributed by atoms with Crippen molar-refractivity contribution in [3.8, 4) is 34.2 Å². The maximum atomic E-state index is 13.3. The number of pyridine rings is 1. The quantitative estimate of drug-likeness (QED) is 0.210. The molecular weight excluding hydrogens is 534 g/mol. The third-order valence-electron chi connectivity index (χ3n) is 5.95. The second-order valence-corrected chi connectivity index (χ2v) is 10.0. The minimum atomic E-state index is -1.19. The predicted molar refractivity (Wildman–Crippen MR) is 153 cm³/mol. The number of methoxy groups -OCH3 is 1. The Hall–Kier alpha value is -4.32. The molecule has 0 aliphatic carbocycles. The first kappa shape index (κ1) is 27.7. The van der Waals surface area contributed by atoms with Gasteiger partial charge in [-0.15, -0.1) is 0 Å². The standard InChI is InChI=1S/C30H24ClN3O4S/c1-3-27(28(35)33-20-11-14-25(31)23(15-20)30(36)37)39-29-24(17-32)22(18-9-12-21(38-2)13-10-18)16-26(34-29)19-7-5-4-6-8-19/h4-16,27H,3H2,1-2H3,(H,33,35)(H,36,37). The number of aromatic carboxylic acids is 1. The highest BCUT2D eigenvalue weighted by atomic mass is 35.5. The molecule has 9 heteroatoms. The summed E-state index contributed by atoms with van der Waals surface area (Å²) in [5, 5.41) is 22.2. The van der Waals surface area contributed by atoms with E-state index in [1.807, 2.05) is 67.6 Å². The number of anilines is 1. The molecule has 1 amide bonds. The van der Waals surface area contributed by atoms with Gasteiger partial charge in [0.1, 0.15) is 16.8 Å². The van der Waals surface area contributed by atoms with E-state index in [-0.39, 0.29) is 16.5 Å². The van der Waals surface area contributed by atoms with Crippen molar-refractivity contribution in [3.63, 3.8) is 0 Å². The molecule has 4 aromatic rings. The van der Waals surface area contributed by atoms with E-state index in [0.29, 0.717) is 39.7 Å². The summed E-state index contributed by atoms with van der Waals surface area (Å²) in [6.07, 6.45) is 0.440. The third-order valence-corrected chi connectivity index (χ3v) is 7.63. The van der Waals surface area contributed by atoms with Crippen molar-refractivity contribution in [3.05, 3.63) is 95.0 Å². The number of nitrogens with zero attached hydrogens (tertiary/aromatic N) is 2. The van der Waals surface area contributed by atoms with Gasteiger partial charge in [0, 0.05) is 16.8 Å². The van der Waals surface area contributed by atoms with Crippen LogP contribution < -0.4 is 10.1 Å². The Bertz CT molecular complexity index is 1550. The Balaban J connectivity index is 1.73. The van der Waals surface area contributed by atoms with Gasteiger partial charge in [0.25, 0.3) is 0 Å². The van der Waals surface area contributed by atoms with Crippen LogP contribution in [0.4, 0.5) is 5.69 Å². The van der Waals surface area contributed by atoms with Crippen LogP contribution in [0.15, 0.2) is 83.9 Å². The van der Waals surface area contributed by atoms with Gasteiger partial charge >= 0.3 is 5.97 Å². The fourth-order valence-electron chi connectivity index (χ4n) is 3.92. The number of aromatic nitrogens is 1. The molecule has 4 rings (SSSR count). The molecule has 0 saturated carbocycles. The molecule has 196 valence electrons. The van der Waals surface area contributed by atoms with E-state index in [1.54, 1.807) is 13.2 Å². The summed E-state index contributed by atoms with van der Waals surface area (Å²) in [6.45, 7) is 1.86. The molecule has 1 atom stereocenters. The molecule has 2 N–H and O–H groups in total. The van der Waals surface area contributed by atoms with E-state index >= 15 is 0 Å². The van der Waals surface area contributed by atoms with Crippen LogP contribution >= 0.6 is 23.4 Å². The Labute approximate surface area is 235 Å². The number of halogens is 1. The highest BCUT2D eigenvalue weighted by Gasteiger charge is 2.24. The number of carboxylic acid groups (broad SMARTS) is 1. The van der Waals surface area contributed by atoms with Gasteiger partial charge in [0.05, 0.1) is 34.2 Å². The van der Waals surface area contributed by atoms with E-state index in [1.165, 1.54) is 23.9 Å². The van der Waals surface area contributed by atoms with Crippen molar-refractivity contribution in [1.82, 2.24) is 4.98 Å². The maximum Gasteiger partial charge on any atom is 0.337 e. The van der Waals surface area contributed by atoms with Crippen LogP contribution in [0.25, 0.3) is 22.4 Å². The van der Waals surface area contributed by atoms with Crippen molar-refractivity contribution >= 4 is 40.9 Å². The molecule has 39 heavy (non-hydrogen) atoms. The normalized spacial score (nSPS) is 11.3. The number of thioether (sulfide) groups is 1. The van der Waals surface area contributed by atoms with Gasteiger partial charge in [-0.1, -0.05) is 72.8 Å². The highest BCUT2D eigenvalue weighted by Crippen LogP contribution is 2.37. The minimum absolute atomic E-state index is 0.0774. The van der Waals surface area contributed by atoms with Crippen LogP contribution in [0.1, 0.15) is 29.3 Å². The average Bonchev–Trinajstić information content (AvgIpc) is 2.96. The fraction of sp³-hybridized carbons (Fsp3) is 0.133. The molecule has 7 nitrogen and oxygen atoms in total.